The minimum absolute atomic E-state index is 0.0243. The molecule has 1 atom stereocenters. The fourth-order valence-electron chi connectivity index (χ4n) is 1.16. The standard InChI is InChI=1S/C10H13F3N2O/c1-6(2-3-16)5-14-10-8(12)4-7(11)9(13)15-10/h4,6,16H,2-3,5H2,1H3,(H,14,15). The molecule has 0 fully saturated rings. The molecule has 0 spiro atoms. The molecule has 0 saturated carbocycles. The summed E-state index contributed by atoms with van der Waals surface area (Å²) in [6, 6.07) is 0.446. The number of nitrogens with zero attached hydrogens (tertiary/aromatic N) is 1. The van der Waals surface area contributed by atoms with Gasteiger partial charge >= 0.3 is 0 Å². The Morgan fingerprint density at radius 1 is 1.38 bits per heavy atom. The molecule has 1 aromatic heterocycles. The molecule has 1 unspecified atom stereocenters. The third-order valence-corrected chi connectivity index (χ3v) is 2.13. The summed E-state index contributed by atoms with van der Waals surface area (Å²) in [6.07, 6.45) is 0.540. The summed E-state index contributed by atoms with van der Waals surface area (Å²) >= 11 is 0. The molecule has 0 aromatic carbocycles. The summed E-state index contributed by atoms with van der Waals surface area (Å²) in [5, 5.41) is 11.2. The van der Waals surface area contributed by atoms with Crippen LogP contribution in [0.15, 0.2) is 6.07 Å². The highest BCUT2D eigenvalue weighted by Crippen LogP contribution is 2.15. The van der Waals surface area contributed by atoms with Gasteiger partial charge in [0, 0.05) is 19.2 Å². The van der Waals surface area contributed by atoms with Crippen LogP contribution in [0.25, 0.3) is 0 Å². The monoisotopic (exact) mass is 234 g/mol. The van der Waals surface area contributed by atoms with Crippen LogP contribution in [0.3, 0.4) is 0 Å². The first-order chi connectivity index (χ1) is 7.54. The fraction of sp³-hybridized carbons (Fsp3) is 0.500. The topological polar surface area (TPSA) is 45.1 Å². The average Bonchev–Trinajstić information content (AvgIpc) is 2.22. The summed E-state index contributed by atoms with van der Waals surface area (Å²) in [5.74, 6) is -3.82. The lowest BCUT2D eigenvalue weighted by atomic mass is 10.1. The van der Waals surface area contributed by atoms with E-state index in [9.17, 15) is 13.2 Å². The SMILES string of the molecule is CC(CCO)CNc1nc(F)c(F)cc1F. The summed E-state index contributed by atoms with van der Waals surface area (Å²) in [7, 11) is 0. The quantitative estimate of drug-likeness (QED) is 0.765. The van der Waals surface area contributed by atoms with Crippen LogP contribution in [0.1, 0.15) is 13.3 Å². The van der Waals surface area contributed by atoms with Crippen molar-refractivity contribution in [2.75, 3.05) is 18.5 Å². The number of aliphatic hydroxyl groups excluding tert-OH is 1. The van der Waals surface area contributed by atoms with E-state index in [1.165, 1.54) is 0 Å². The lowest BCUT2D eigenvalue weighted by molar-refractivity contribution is 0.265. The van der Waals surface area contributed by atoms with Gasteiger partial charge in [-0.25, -0.2) is 8.78 Å². The van der Waals surface area contributed by atoms with Gasteiger partial charge in [-0.2, -0.15) is 9.37 Å². The van der Waals surface area contributed by atoms with E-state index in [1.54, 1.807) is 0 Å². The largest absolute Gasteiger partial charge is 0.396 e. The molecule has 0 radical (unpaired) electrons. The van der Waals surface area contributed by atoms with Crippen molar-refractivity contribution in [1.29, 1.82) is 0 Å². The van der Waals surface area contributed by atoms with Crippen molar-refractivity contribution in [2.24, 2.45) is 5.92 Å². The third-order valence-electron chi connectivity index (χ3n) is 2.13. The second kappa shape index (κ2) is 5.69. The van der Waals surface area contributed by atoms with Crippen LogP contribution >= 0.6 is 0 Å². The molecule has 90 valence electrons. The van der Waals surface area contributed by atoms with Gasteiger partial charge in [-0.1, -0.05) is 6.92 Å². The Labute approximate surface area is 91.3 Å². The molecule has 1 heterocycles. The fourth-order valence-corrected chi connectivity index (χ4v) is 1.16. The predicted octanol–water partition coefficient (Wildman–Crippen LogP) is 1.93. The highest BCUT2D eigenvalue weighted by Gasteiger charge is 2.12. The molecule has 1 rings (SSSR count). The molecule has 6 heteroatoms. The molecule has 2 N–H and O–H groups in total. The maximum atomic E-state index is 13.1. The van der Waals surface area contributed by atoms with Gasteiger partial charge in [0.05, 0.1) is 0 Å². The molecule has 3 nitrogen and oxygen atoms in total. The third kappa shape index (κ3) is 3.37. The smallest absolute Gasteiger partial charge is 0.251 e. The normalized spacial score (nSPS) is 12.6. The average molecular weight is 234 g/mol. The Balaban J connectivity index is 2.63. The maximum absolute atomic E-state index is 13.1. The number of aromatic nitrogens is 1. The Morgan fingerprint density at radius 3 is 2.69 bits per heavy atom. The minimum atomic E-state index is -1.33. The maximum Gasteiger partial charge on any atom is 0.251 e. The first-order valence-corrected chi connectivity index (χ1v) is 4.91. The zero-order chi connectivity index (χ0) is 12.1. The van der Waals surface area contributed by atoms with Gasteiger partial charge in [0.1, 0.15) is 0 Å². The molecule has 0 aliphatic rings. The number of anilines is 1. The second-order valence-corrected chi connectivity index (χ2v) is 3.59. The van der Waals surface area contributed by atoms with Crippen molar-refractivity contribution in [3.05, 3.63) is 23.6 Å². The van der Waals surface area contributed by atoms with E-state index in [1.807, 2.05) is 6.92 Å². The minimum Gasteiger partial charge on any atom is -0.396 e. The number of aliphatic hydroxyl groups is 1. The van der Waals surface area contributed by atoms with Gasteiger partial charge in [0.2, 0.25) is 0 Å². The molecule has 0 aliphatic heterocycles. The van der Waals surface area contributed by atoms with Crippen molar-refractivity contribution in [3.63, 3.8) is 0 Å². The summed E-state index contributed by atoms with van der Waals surface area (Å²) in [5.41, 5.74) is 0. The van der Waals surface area contributed by atoms with Crippen molar-refractivity contribution in [2.45, 2.75) is 13.3 Å². The van der Waals surface area contributed by atoms with Crippen LogP contribution < -0.4 is 5.32 Å². The Kier molecular flexibility index (Phi) is 4.54. The van der Waals surface area contributed by atoms with E-state index in [4.69, 9.17) is 5.11 Å². The first-order valence-electron chi connectivity index (χ1n) is 4.91. The Hall–Kier alpha value is -1.30. The molecule has 16 heavy (non-hydrogen) atoms. The molecular formula is C10H13F3N2O. The van der Waals surface area contributed by atoms with E-state index in [0.29, 0.717) is 19.0 Å². The molecule has 0 aliphatic carbocycles. The van der Waals surface area contributed by atoms with Gasteiger partial charge in [0.25, 0.3) is 5.95 Å². The van der Waals surface area contributed by atoms with Crippen LogP contribution in [0.5, 0.6) is 0 Å². The van der Waals surface area contributed by atoms with Crippen molar-refractivity contribution >= 4 is 5.82 Å². The van der Waals surface area contributed by atoms with Gasteiger partial charge in [-0.15, -0.1) is 0 Å². The number of hydrogen-bond acceptors (Lipinski definition) is 3. The van der Waals surface area contributed by atoms with Gasteiger partial charge < -0.3 is 10.4 Å². The molecule has 0 bridgehead atoms. The van der Waals surface area contributed by atoms with Crippen molar-refractivity contribution in [1.82, 2.24) is 4.98 Å². The lowest BCUT2D eigenvalue weighted by Gasteiger charge is -2.12. The van der Waals surface area contributed by atoms with Crippen LogP contribution in [0.2, 0.25) is 0 Å². The van der Waals surface area contributed by atoms with Gasteiger partial charge in [-0.3, -0.25) is 0 Å². The zero-order valence-corrected chi connectivity index (χ0v) is 8.80. The highest BCUT2D eigenvalue weighted by molar-refractivity contribution is 5.36. The first kappa shape index (κ1) is 12.8. The van der Waals surface area contributed by atoms with Gasteiger partial charge in [-0.05, 0) is 12.3 Å². The zero-order valence-electron chi connectivity index (χ0n) is 8.80. The van der Waals surface area contributed by atoms with E-state index in [2.05, 4.69) is 10.3 Å². The van der Waals surface area contributed by atoms with E-state index < -0.39 is 17.6 Å². The van der Waals surface area contributed by atoms with Crippen molar-refractivity contribution in [3.8, 4) is 0 Å². The van der Waals surface area contributed by atoms with Crippen LogP contribution in [0, 0.1) is 23.5 Å². The molecular weight excluding hydrogens is 221 g/mol. The molecule has 0 saturated heterocycles. The number of pyridine rings is 1. The number of halogens is 3. The van der Waals surface area contributed by atoms with E-state index in [-0.39, 0.29) is 18.3 Å². The highest BCUT2D eigenvalue weighted by atomic mass is 19.2. The lowest BCUT2D eigenvalue weighted by Crippen LogP contribution is -2.15. The van der Waals surface area contributed by atoms with Crippen molar-refractivity contribution < 1.29 is 18.3 Å². The van der Waals surface area contributed by atoms with Crippen LogP contribution in [-0.2, 0) is 0 Å². The number of rotatable bonds is 5. The summed E-state index contributed by atoms with van der Waals surface area (Å²) < 4.78 is 38.3. The van der Waals surface area contributed by atoms with Crippen LogP contribution in [-0.4, -0.2) is 23.2 Å². The number of nitrogens with one attached hydrogen (secondary N) is 1. The van der Waals surface area contributed by atoms with Crippen LogP contribution in [0.4, 0.5) is 19.0 Å². The Bertz CT molecular complexity index is 360. The predicted molar refractivity (Wildman–Crippen MR) is 53.5 cm³/mol. The second-order valence-electron chi connectivity index (χ2n) is 3.59. The molecule has 1 aromatic rings. The van der Waals surface area contributed by atoms with E-state index >= 15 is 0 Å². The summed E-state index contributed by atoms with van der Waals surface area (Å²) in [4.78, 5) is 3.11. The van der Waals surface area contributed by atoms with Gasteiger partial charge in [0.15, 0.2) is 17.5 Å². The number of hydrogen-bond donors (Lipinski definition) is 2. The van der Waals surface area contributed by atoms with E-state index in [0.717, 1.165) is 0 Å². The molecule has 0 amide bonds. The Morgan fingerprint density at radius 2 is 2.06 bits per heavy atom. The summed E-state index contributed by atoms with van der Waals surface area (Å²) in [6.45, 7) is 2.19.